The van der Waals surface area contributed by atoms with Crippen LogP contribution < -0.4 is 10.0 Å². The number of hydrogen-bond acceptors (Lipinski definition) is 6. The van der Waals surface area contributed by atoms with Crippen molar-refractivity contribution in [1.82, 2.24) is 14.5 Å². The largest absolute Gasteiger partial charge is 0.416 e. The molecule has 2 fully saturated rings. The minimum absolute atomic E-state index is 0.0376. The average Bonchev–Trinajstić information content (AvgIpc) is 2.92. The molecule has 0 spiro atoms. The number of likely N-dealkylation sites (N-methyl/N-ethyl adjacent to an activating group) is 1. The number of sulfonamides is 1. The number of fused-ring (bicyclic) bond motifs is 3. The lowest BCUT2D eigenvalue weighted by Crippen LogP contribution is -2.45. The summed E-state index contributed by atoms with van der Waals surface area (Å²) in [6.07, 6.45) is -3.60. The highest BCUT2D eigenvalue weighted by Gasteiger charge is 2.43. The van der Waals surface area contributed by atoms with E-state index in [1.807, 2.05) is 30.3 Å². The van der Waals surface area contributed by atoms with Crippen molar-refractivity contribution < 1.29 is 26.3 Å². The zero-order chi connectivity index (χ0) is 27.6. The number of nitrogens with one attached hydrogen (secondary N) is 2. The Bertz CT molecular complexity index is 1220. The highest BCUT2D eigenvalue weighted by molar-refractivity contribution is 7.89. The molecule has 3 aliphatic heterocycles. The fourth-order valence-electron chi connectivity index (χ4n) is 5.91. The van der Waals surface area contributed by atoms with E-state index >= 15 is 0 Å². The van der Waals surface area contributed by atoms with Crippen molar-refractivity contribution in [2.45, 2.75) is 43.7 Å². The third kappa shape index (κ3) is 6.94. The summed E-state index contributed by atoms with van der Waals surface area (Å²) in [6, 6.07) is 13.4. The Balaban J connectivity index is 1.25. The molecular formula is C28H37F3N4O3S. The number of hydrogen-bond donors (Lipinski definition) is 2. The molecule has 3 heterocycles. The summed E-state index contributed by atoms with van der Waals surface area (Å²) in [4.78, 5) is 4.54. The molecule has 214 valence electrons. The molecule has 0 bridgehead atoms. The van der Waals surface area contributed by atoms with Crippen LogP contribution in [0.1, 0.15) is 48.1 Å². The summed E-state index contributed by atoms with van der Waals surface area (Å²) in [6.45, 7) is 4.71. The van der Waals surface area contributed by atoms with Crippen LogP contribution in [0.5, 0.6) is 0 Å². The molecule has 0 unspecified atom stereocenters. The Hall–Kier alpha value is -2.18. The predicted molar refractivity (Wildman–Crippen MR) is 145 cm³/mol. The van der Waals surface area contributed by atoms with Gasteiger partial charge in [-0.1, -0.05) is 30.3 Å². The Kier molecular flexibility index (Phi) is 8.54. The van der Waals surface area contributed by atoms with Gasteiger partial charge in [-0.2, -0.15) is 13.2 Å². The molecule has 5 rings (SSSR count). The van der Waals surface area contributed by atoms with Crippen LogP contribution in [0.2, 0.25) is 0 Å². The number of halogens is 3. The molecule has 39 heavy (non-hydrogen) atoms. The number of rotatable bonds is 8. The molecule has 2 aromatic rings. The number of ether oxygens (including phenoxy) is 1. The minimum atomic E-state index is -4.46. The van der Waals surface area contributed by atoms with Gasteiger partial charge in [0, 0.05) is 49.9 Å². The Morgan fingerprint density at radius 3 is 2.51 bits per heavy atom. The first-order valence-electron chi connectivity index (χ1n) is 13.7. The summed E-state index contributed by atoms with van der Waals surface area (Å²) in [5.74, 6) is -0.0459. The highest BCUT2D eigenvalue weighted by atomic mass is 32.2. The fourth-order valence-corrected chi connectivity index (χ4v) is 7.01. The van der Waals surface area contributed by atoms with Gasteiger partial charge in [0.05, 0.1) is 29.6 Å². The lowest BCUT2D eigenvalue weighted by molar-refractivity contribution is -0.138. The predicted octanol–water partition coefficient (Wildman–Crippen LogP) is 4.27. The standard InChI is InChI=1S/C28H37F3N4O3S/c1-34-13-15-35(16-14-34)12-5-17-39(36,37)32-19-22-9-10-23-26(20-6-3-2-4-7-20)33-25-11-8-21(28(29,30)31)18-24(25)27(23)38-22/h2-4,6-8,11,18,22-23,26-27,32-33H,5,9-10,12-17,19H2,1H3/t22-,23+,26+,27+/m1/s1. The van der Waals surface area contributed by atoms with Crippen molar-refractivity contribution in [3.8, 4) is 0 Å². The molecular weight excluding hydrogens is 529 g/mol. The monoisotopic (exact) mass is 566 g/mol. The van der Waals surface area contributed by atoms with Gasteiger partial charge in [-0.15, -0.1) is 0 Å². The van der Waals surface area contributed by atoms with E-state index in [1.54, 1.807) is 0 Å². The Morgan fingerprint density at radius 1 is 1.05 bits per heavy atom. The van der Waals surface area contributed by atoms with Crippen LogP contribution in [-0.2, 0) is 20.9 Å². The smallest absolute Gasteiger partial charge is 0.378 e. The zero-order valence-corrected chi connectivity index (χ0v) is 23.0. The number of piperazine rings is 1. The summed E-state index contributed by atoms with van der Waals surface area (Å²) in [5, 5.41) is 3.45. The van der Waals surface area contributed by atoms with Gasteiger partial charge in [-0.05, 0) is 56.6 Å². The molecule has 2 N–H and O–H groups in total. The number of nitrogens with zero attached hydrogens (tertiary/aromatic N) is 2. The van der Waals surface area contributed by atoms with Gasteiger partial charge < -0.3 is 19.9 Å². The molecule has 0 aliphatic carbocycles. The van der Waals surface area contributed by atoms with Crippen LogP contribution in [0.4, 0.5) is 18.9 Å². The van der Waals surface area contributed by atoms with Crippen molar-refractivity contribution in [1.29, 1.82) is 0 Å². The first-order chi connectivity index (χ1) is 18.6. The lowest BCUT2D eigenvalue weighted by atomic mass is 9.76. The highest BCUT2D eigenvalue weighted by Crippen LogP contribution is 2.51. The fraction of sp³-hybridized carbons (Fsp3) is 0.571. The maximum absolute atomic E-state index is 13.5. The quantitative estimate of drug-likeness (QED) is 0.498. The normalized spacial score (nSPS) is 26.5. The van der Waals surface area contributed by atoms with E-state index in [9.17, 15) is 21.6 Å². The summed E-state index contributed by atoms with van der Waals surface area (Å²) < 4.78 is 75.2. The van der Waals surface area contributed by atoms with E-state index in [1.165, 1.54) is 12.1 Å². The van der Waals surface area contributed by atoms with Crippen LogP contribution in [0.3, 0.4) is 0 Å². The van der Waals surface area contributed by atoms with E-state index < -0.39 is 34.0 Å². The third-order valence-electron chi connectivity index (χ3n) is 8.15. The van der Waals surface area contributed by atoms with Gasteiger partial charge >= 0.3 is 6.18 Å². The van der Waals surface area contributed by atoms with Crippen molar-refractivity contribution in [2.75, 3.05) is 57.4 Å². The van der Waals surface area contributed by atoms with Crippen molar-refractivity contribution in [3.05, 3.63) is 65.2 Å². The summed E-state index contributed by atoms with van der Waals surface area (Å²) in [5.41, 5.74) is 1.41. The van der Waals surface area contributed by atoms with Crippen LogP contribution in [0, 0.1) is 5.92 Å². The summed E-state index contributed by atoms with van der Waals surface area (Å²) >= 11 is 0. The molecule has 0 saturated carbocycles. The van der Waals surface area contributed by atoms with E-state index in [0.717, 1.165) is 44.4 Å². The van der Waals surface area contributed by atoms with E-state index in [-0.39, 0.29) is 24.3 Å². The number of benzene rings is 2. The van der Waals surface area contributed by atoms with Gasteiger partial charge in [-0.3, -0.25) is 0 Å². The van der Waals surface area contributed by atoms with Crippen LogP contribution >= 0.6 is 0 Å². The zero-order valence-electron chi connectivity index (χ0n) is 22.2. The van der Waals surface area contributed by atoms with E-state index in [0.29, 0.717) is 30.5 Å². The second-order valence-electron chi connectivity index (χ2n) is 10.9. The molecule has 2 saturated heterocycles. The molecule has 4 atom stereocenters. The van der Waals surface area contributed by atoms with Crippen LogP contribution in [0.15, 0.2) is 48.5 Å². The number of anilines is 1. The molecule has 7 nitrogen and oxygen atoms in total. The molecule has 2 aromatic carbocycles. The Labute approximate surface area is 228 Å². The first kappa shape index (κ1) is 28.4. The summed E-state index contributed by atoms with van der Waals surface area (Å²) in [7, 11) is -1.41. The van der Waals surface area contributed by atoms with E-state index in [2.05, 4.69) is 26.9 Å². The van der Waals surface area contributed by atoms with Gasteiger partial charge in [0.2, 0.25) is 10.0 Å². The second-order valence-corrected chi connectivity index (χ2v) is 12.8. The third-order valence-corrected chi connectivity index (χ3v) is 9.58. The van der Waals surface area contributed by atoms with Gasteiger partial charge in [0.15, 0.2) is 0 Å². The second kappa shape index (κ2) is 11.7. The number of alkyl halides is 3. The molecule has 0 radical (unpaired) electrons. The topological polar surface area (TPSA) is 73.9 Å². The molecule has 11 heteroatoms. The SMILES string of the molecule is CN1CCN(CCCS(=O)(=O)NC[C@H]2CC[C@@H]3[C@H](O2)c2cc(C(F)(F)F)ccc2N[C@H]3c2ccccc2)CC1. The van der Waals surface area contributed by atoms with Gasteiger partial charge in [0.25, 0.3) is 0 Å². The van der Waals surface area contributed by atoms with Crippen molar-refractivity contribution >= 4 is 15.7 Å². The van der Waals surface area contributed by atoms with Crippen LogP contribution in [0.25, 0.3) is 0 Å². The maximum Gasteiger partial charge on any atom is 0.416 e. The molecule has 3 aliphatic rings. The van der Waals surface area contributed by atoms with Crippen molar-refractivity contribution in [3.63, 3.8) is 0 Å². The van der Waals surface area contributed by atoms with Crippen molar-refractivity contribution in [2.24, 2.45) is 5.92 Å². The van der Waals surface area contributed by atoms with Gasteiger partial charge in [-0.25, -0.2) is 13.1 Å². The van der Waals surface area contributed by atoms with Gasteiger partial charge in [0.1, 0.15) is 0 Å². The average molecular weight is 567 g/mol. The molecule has 0 amide bonds. The minimum Gasteiger partial charge on any atom is -0.378 e. The molecule has 0 aromatic heterocycles. The Morgan fingerprint density at radius 2 is 1.79 bits per heavy atom. The van der Waals surface area contributed by atoms with E-state index in [4.69, 9.17) is 4.74 Å². The van der Waals surface area contributed by atoms with Crippen LogP contribution in [-0.4, -0.2) is 76.4 Å². The maximum atomic E-state index is 13.5. The first-order valence-corrected chi connectivity index (χ1v) is 15.3. The lowest BCUT2D eigenvalue weighted by Gasteiger charge is -2.46.